The van der Waals surface area contributed by atoms with Crippen molar-refractivity contribution in [2.75, 3.05) is 26.7 Å². The van der Waals surface area contributed by atoms with Gasteiger partial charge in [-0.15, -0.1) is 0 Å². The minimum absolute atomic E-state index is 0.115. The number of para-hydroxylation sites is 1. The van der Waals surface area contributed by atoms with E-state index in [1.54, 1.807) is 11.9 Å². The van der Waals surface area contributed by atoms with E-state index in [2.05, 4.69) is 0 Å². The number of benzene rings is 1. The number of amides is 1. The summed E-state index contributed by atoms with van der Waals surface area (Å²) >= 11 is 0. The van der Waals surface area contributed by atoms with Crippen LogP contribution >= 0.6 is 0 Å². The van der Waals surface area contributed by atoms with Crippen molar-refractivity contribution in [3.05, 3.63) is 30.3 Å². The molecule has 0 saturated carbocycles. The number of ether oxygens (including phenoxy) is 1. The molecule has 0 fully saturated rings. The second-order valence-corrected chi connectivity index (χ2v) is 4.52. The quantitative estimate of drug-likeness (QED) is 0.798. The monoisotopic (exact) mass is 250 g/mol. The first-order valence-corrected chi connectivity index (χ1v) is 6.25. The van der Waals surface area contributed by atoms with Crippen LogP contribution in [0.2, 0.25) is 0 Å². The SMILES string of the molecule is CC(CN)CC(=O)N(C)CCOc1ccccc1. The molecule has 1 atom stereocenters. The van der Waals surface area contributed by atoms with E-state index in [1.807, 2.05) is 37.3 Å². The van der Waals surface area contributed by atoms with Gasteiger partial charge in [-0.2, -0.15) is 0 Å². The van der Waals surface area contributed by atoms with E-state index < -0.39 is 0 Å². The van der Waals surface area contributed by atoms with Gasteiger partial charge >= 0.3 is 0 Å². The average molecular weight is 250 g/mol. The van der Waals surface area contributed by atoms with Crippen molar-refractivity contribution in [2.24, 2.45) is 11.7 Å². The molecule has 0 bridgehead atoms. The van der Waals surface area contributed by atoms with Gasteiger partial charge in [-0.05, 0) is 24.6 Å². The molecule has 0 aliphatic rings. The highest BCUT2D eigenvalue weighted by Gasteiger charge is 2.12. The van der Waals surface area contributed by atoms with E-state index in [0.29, 0.717) is 26.1 Å². The summed E-state index contributed by atoms with van der Waals surface area (Å²) < 4.78 is 5.54. The molecule has 100 valence electrons. The lowest BCUT2D eigenvalue weighted by Crippen LogP contribution is -2.32. The van der Waals surface area contributed by atoms with Gasteiger partial charge < -0.3 is 15.4 Å². The van der Waals surface area contributed by atoms with Gasteiger partial charge in [0.15, 0.2) is 0 Å². The Morgan fingerprint density at radius 1 is 1.39 bits per heavy atom. The van der Waals surface area contributed by atoms with Gasteiger partial charge in [-0.1, -0.05) is 25.1 Å². The molecule has 0 aliphatic carbocycles. The highest BCUT2D eigenvalue weighted by molar-refractivity contribution is 5.76. The van der Waals surface area contributed by atoms with Crippen molar-refractivity contribution in [3.63, 3.8) is 0 Å². The third kappa shape index (κ3) is 5.19. The Morgan fingerprint density at radius 2 is 2.06 bits per heavy atom. The molecule has 0 spiro atoms. The molecule has 1 aromatic rings. The van der Waals surface area contributed by atoms with Crippen LogP contribution < -0.4 is 10.5 Å². The number of carbonyl (C=O) groups excluding carboxylic acids is 1. The summed E-state index contributed by atoms with van der Waals surface area (Å²) in [6.45, 7) is 3.61. The minimum atomic E-state index is 0.115. The molecule has 1 amide bonds. The molecular formula is C14H22N2O2. The van der Waals surface area contributed by atoms with E-state index in [0.717, 1.165) is 5.75 Å². The zero-order valence-corrected chi connectivity index (χ0v) is 11.1. The number of hydrogen-bond donors (Lipinski definition) is 1. The maximum atomic E-state index is 11.8. The van der Waals surface area contributed by atoms with E-state index in [-0.39, 0.29) is 11.8 Å². The van der Waals surface area contributed by atoms with Crippen molar-refractivity contribution in [2.45, 2.75) is 13.3 Å². The molecule has 0 heterocycles. The Labute approximate surface area is 109 Å². The summed E-state index contributed by atoms with van der Waals surface area (Å²) in [5.74, 6) is 1.17. The Bertz CT molecular complexity index is 354. The molecule has 2 N–H and O–H groups in total. The van der Waals surface area contributed by atoms with Crippen LogP contribution in [0.1, 0.15) is 13.3 Å². The predicted octanol–water partition coefficient (Wildman–Crippen LogP) is 1.51. The third-order valence-electron chi connectivity index (χ3n) is 2.79. The predicted molar refractivity (Wildman–Crippen MR) is 72.4 cm³/mol. The summed E-state index contributed by atoms with van der Waals surface area (Å²) in [5, 5.41) is 0. The van der Waals surface area contributed by atoms with Crippen LogP contribution in [0.5, 0.6) is 5.75 Å². The molecule has 1 rings (SSSR count). The number of carbonyl (C=O) groups is 1. The molecule has 0 aliphatic heterocycles. The van der Waals surface area contributed by atoms with Crippen LogP contribution in [0.15, 0.2) is 30.3 Å². The molecule has 4 nitrogen and oxygen atoms in total. The van der Waals surface area contributed by atoms with Crippen LogP contribution in [0.3, 0.4) is 0 Å². The molecule has 1 aromatic carbocycles. The van der Waals surface area contributed by atoms with Crippen LogP contribution in [-0.2, 0) is 4.79 Å². The van der Waals surface area contributed by atoms with Crippen LogP contribution in [0, 0.1) is 5.92 Å². The lowest BCUT2D eigenvalue weighted by Gasteiger charge is -2.19. The van der Waals surface area contributed by atoms with Gasteiger partial charge in [0.25, 0.3) is 0 Å². The Balaban J connectivity index is 2.24. The van der Waals surface area contributed by atoms with Gasteiger partial charge in [0.1, 0.15) is 12.4 Å². The first-order chi connectivity index (χ1) is 8.63. The zero-order valence-electron chi connectivity index (χ0n) is 11.1. The number of hydrogen-bond acceptors (Lipinski definition) is 3. The smallest absolute Gasteiger partial charge is 0.222 e. The first-order valence-electron chi connectivity index (χ1n) is 6.25. The van der Waals surface area contributed by atoms with E-state index in [1.165, 1.54) is 0 Å². The molecule has 18 heavy (non-hydrogen) atoms. The fourth-order valence-electron chi connectivity index (χ4n) is 1.48. The molecule has 1 unspecified atom stereocenters. The maximum absolute atomic E-state index is 11.8. The third-order valence-corrected chi connectivity index (χ3v) is 2.79. The number of nitrogens with two attached hydrogens (primary N) is 1. The normalized spacial score (nSPS) is 11.9. The molecule has 0 saturated heterocycles. The van der Waals surface area contributed by atoms with Crippen LogP contribution in [0.25, 0.3) is 0 Å². The topological polar surface area (TPSA) is 55.6 Å². The fourth-order valence-corrected chi connectivity index (χ4v) is 1.48. The summed E-state index contributed by atoms with van der Waals surface area (Å²) in [6, 6.07) is 9.59. The largest absolute Gasteiger partial charge is 0.492 e. The van der Waals surface area contributed by atoms with Gasteiger partial charge in [0.2, 0.25) is 5.91 Å². The van der Waals surface area contributed by atoms with E-state index >= 15 is 0 Å². The number of nitrogens with zero attached hydrogens (tertiary/aromatic N) is 1. The second kappa shape index (κ2) is 7.71. The van der Waals surface area contributed by atoms with Crippen molar-refractivity contribution < 1.29 is 9.53 Å². The first kappa shape index (κ1) is 14.5. The average Bonchev–Trinajstić information content (AvgIpc) is 2.39. The van der Waals surface area contributed by atoms with Crippen LogP contribution in [-0.4, -0.2) is 37.6 Å². The number of rotatable bonds is 7. The highest BCUT2D eigenvalue weighted by Crippen LogP contribution is 2.08. The van der Waals surface area contributed by atoms with Crippen molar-refractivity contribution in [3.8, 4) is 5.75 Å². The van der Waals surface area contributed by atoms with E-state index in [9.17, 15) is 4.79 Å². The lowest BCUT2D eigenvalue weighted by molar-refractivity contribution is -0.131. The standard InChI is InChI=1S/C14H22N2O2/c1-12(11-15)10-14(17)16(2)8-9-18-13-6-4-3-5-7-13/h3-7,12H,8-11,15H2,1-2H3. The fraction of sp³-hybridized carbons (Fsp3) is 0.500. The van der Waals surface area contributed by atoms with Gasteiger partial charge in [-0.25, -0.2) is 0 Å². The summed E-state index contributed by atoms with van der Waals surface area (Å²) in [6.07, 6.45) is 0.498. The number of likely N-dealkylation sites (N-methyl/N-ethyl adjacent to an activating group) is 1. The summed E-state index contributed by atoms with van der Waals surface area (Å²) in [4.78, 5) is 13.5. The zero-order chi connectivity index (χ0) is 13.4. The van der Waals surface area contributed by atoms with Gasteiger partial charge in [0, 0.05) is 13.5 Å². The van der Waals surface area contributed by atoms with E-state index in [4.69, 9.17) is 10.5 Å². The minimum Gasteiger partial charge on any atom is -0.492 e. The highest BCUT2D eigenvalue weighted by atomic mass is 16.5. The summed E-state index contributed by atoms with van der Waals surface area (Å²) in [5.41, 5.74) is 5.50. The van der Waals surface area contributed by atoms with Crippen molar-refractivity contribution in [1.82, 2.24) is 4.90 Å². The van der Waals surface area contributed by atoms with Crippen molar-refractivity contribution >= 4 is 5.91 Å². The molecule has 0 aromatic heterocycles. The molecule has 0 radical (unpaired) electrons. The Kier molecular flexibility index (Phi) is 6.22. The molecular weight excluding hydrogens is 228 g/mol. The Morgan fingerprint density at radius 3 is 2.67 bits per heavy atom. The Hall–Kier alpha value is -1.55. The molecule has 4 heteroatoms. The van der Waals surface area contributed by atoms with Gasteiger partial charge in [-0.3, -0.25) is 4.79 Å². The summed E-state index contributed by atoms with van der Waals surface area (Å²) in [7, 11) is 1.79. The lowest BCUT2D eigenvalue weighted by atomic mass is 10.1. The maximum Gasteiger partial charge on any atom is 0.222 e. The van der Waals surface area contributed by atoms with Gasteiger partial charge in [0.05, 0.1) is 6.54 Å². The van der Waals surface area contributed by atoms with Crippen LogP contribution in [0.4, 0.5) is 0 Å². The second-order valence-electron chi connectivity index (χ2n) is 4.52. The van der Waals surface area contributed by atoms with Crippen molar-refractivity contribution in [1.29, 1.82) is 0 Å².